The normalized spacial score (nSPS) is 15.5. The van der Waals surface area contributed by atoms with Crippen molar-refractivity contribution in [3.05, 3.63) is 0 Å². The molecule has 144 valence electrons. The molecule has 0 rings (SSSR count). The van der Waals surface area contributed by atoms with E-state index in [9.17, 15) is 24.3 Å². The van der Waals surface area contributed by atoms with Crippen molar-refractivity contribution < 1.29 is 29.4 Å². The molecule has 0 radical (unpaired) electrons. The van der Waals surface area contributed by atoms with E-state index >= 15 is 0 Å². The van der Waals surface area contributed by atoms with Crippen molar-refractivity contribution in [2.45, 2.75) is 56.8 Å². The molecule has 25 heavy (non-hydrogen) atoms. The number of nitrogens with two attached hydrogens (primary N) is 3. The van der Waals surface area contributed by atoms with Crippen LogP contribution in [-0.4, -0.2) is 64.7 Å². The maximum atomic E-state index is 12.2. The van der Waals surface area contributed by atoms with Gasteiger partial charge in [-0.15, -0.1) is 0 Å². The topological polar surface area (TPSA) is 211 Å². The molecule has 0 fully saturated rings. The summed E-state index contributed by atoms with van der Waals surface area (Å²) in [6.07, 6.45) is -0.513. The lowest BCUT2D eigenvalue weighted by atomic mass is 10.1. The predicted octanol–water partition coefficient (Wildman–Crippen LogP) is -3.25. The van der Waals surface area contributed by atoms with Gasteiger partial charge in [0.25, 0.3) is 0 Å². The van der Waals surface area contributed by atoms with Crippen LogP contribution in [0.5, 0.6) is 0 Å². The Balaban J connectivity index is 4.88. The molecule has 0 aromatic heterocycles. The number of carbonyl (C=O) groups excluding carboxylic acids is 3. The Labute approximate surface area is 145 Å². The van der Waals surface area contributed by atoms with Gasteiger partial charge in [0, 0.05) is 0 Å². The number of hydrogen-bond acceptors (Lipinski definition) is 7. The van der Waals surface area contributed by atoms with Gasteiger partial charge in [-0.25, -0.2) is 4.79 Å². The van der Waals surface area contributed by atoms with E-state index in [2.05, 4.69) is 10.6 Å². The summed E-state index contributed by atoms with van der Waals surface area (Å²) in [4.78, 5) is 46.0. The summed E-state index contributed by atoms with van der Waals surface area (Å²) in [5, 5.41) is 23.3. The molecule has 11 heteroatoms. The molecule has 0 saturated carbocycles. The number of carboxylic acid groups (broad SMARTS) is 1. The number of rotatable bonds is 12. The molecule has 10 N–H and O–H groups in total. The van der Waals surface area contributed by atoms with E-state index in [0.29, 0.717) is 19.4 Å². The first-order chi connectivity index (χ1) is 11.6. The van der Waals surface area contributed by atoms with Gasteiger partial charge in [-0.2, -0.15) is 0 Å². The smallest absolute Gasteiger partial charge is 0.326 e. The fourth-order valence-corrected chi connectivity index (χ4v) is 1.99. The van der Waals surface area contributed by atoms with Crippen LogP contribution in [0.15, 0.2) is 0 Å². The number of aliphatic carboxylic acids is 1. The summed E-state index contributed by atoms with van der Waals surface area (Å²) in [5.41, 5.74) is 15.7. The molecule has 0 bridgehead atoms. The van der Waals surface area contributed by atoms with Gasteiger partial charge in [0.05, 0.1) is 18.6 Å². The maximum absolute atomic E-state index is 12.2. The average molecular weight is 361 g/mol. The average Bonchev–Trinajstić information content (AvgIpc) is 2.50. The van der Waals surface area contributed by atoms with Gasteiger partial charge in [0.2, 0.25) is 17.7 Å². The number of nitrogens with one attached hydrogen (secondary N) is 2. The molecular formula is C14H27N5O6. The van der Waals surface area contributed by atoms with Gasteiger partial charge in [-0.1, -0.05) is 0 Å². The van der Waals surface area contributed by atoms with Crippen LogP contribution in [0, 0.1) is 0 Å². The van der Waals surface area contributed by atoms with Gasteiger partial charge in [0.15, 0.2) is 0 Å². The van der Waals surface area contributed by atoms with Crippen LogP contribution in [0.4, 0.5) is 0 Å². The Bertz CT molecular complexity index is 484. The lowest BCUT2D eigenvalue weighted by molar-refractivity contribution is -0.143. The summed E-state index contributed by atoms with van der Waals surface area (Å²) in [6, 6.07) is -3.90. The summed E-state index contributed by atoms with van der Waals surface area (Å²) >= 11 is 0. The Morgan fingerprint density at radius 2 is 1.68 bits per heavy atom. The van der Waals surface area contributed by atoms with Crippen LogP contribution < -0.4 is 27.8 Å². The molecule has 0 aliphatic heterocycles. The number of unbranched alkanes of at least 4 members (excludes halogenated alkanes) is 1. The molecule has 4 unspecified atom stereocenters. The summed E-state index contributed by atoms with van der Waals surface area (Å²) in [6.45, 7) is 1.64. The molecule has 0 aromatic carbocycles. The van der Waals surface area contributed by atoms with Crippen LogP contribution in [0.1, 0.15) is 32.6 Å². The second-order valence-corrected chi connectivity index (χ2v) is 5.69. The number of aliphatic hydroxyl groups is 1. The third-order valence-electron chi connectivity index (χ3n) is 3.38. The zero-order chi connectivity index (χ0) is 19.6. The van der Waals surface area contributed by atoms with Crippen LogP contribution in [-0.2, 0) is 19.2 Å². The molecule has 0 heterocycles. The zero-order valence-electron chi connectivity index (χ0n) is 14.1. The number of primary amides is 1. The highest BCUT2D eigenvalue weighted by atomic mass is 16.4. The zero-order valence-corrected chi connectivity index (χ0v) is 14.1. The fraction of sp³-hybridized carbons (Fsp3) is 0.714. The van der Waals surface area contributed by atoms with E-state index in [1.54, 1.807) is 0 Å². The molecule has 11 nitrogen and oxygen atoms in total. The second-order valence-electron chi connectivity index (χ2n) is 5.69. The fourth-order valence-electron chi connectivity index (χ4n) is 1.99. The monoisotopic (exact) mass is 361 g/mol. The minimum atomic E-state index is -1.43. The van der Waals surface area contributed by atoms with Gasteiger partial charge in [-0.3, -0.25) is 14.4 Å². The molecule has 0 aliphatic rings. The molecular weight excluding hydrogens is 334 g/mol. The van der Waals surface area contributed by atoms with Crippen LogP contribution in [0.3, 0.4) is 0 Å². The molecule has 0 aromatic rings. The highest BCUT2D eigenvalue weighted by molar-refractivity contribution is 5.93. The number of amides is 3. The van der Waals surface area contributed by atoms with E-state index in [4.69, 9.17) is 22.3 Å². The van der Waals surface area contributed by atoms with Crippen molar-refractivity contribution in [3.63, 3.8) is 0 Å². The minimum Gasteiger partial charge on any atom is -0.480 e. The number of carbonyl (C=O) groups is 4. The van der Waals surface area contributed by atoms with Crippen molar-refractivity contribution in [3.8, 4) is 0 Å². The van der Waals surface area contributed by atoms with Gasteiger partial charge >= 0.3 is 5.97 Å². The highest BCUT2D eigenvalue weighted by Crippen LogP contribution is 2.03. The Hall–Kier alpha value is -2.24. The first-order valence-electron chi connectivity index (χ1n) is 7.85. The predicted molar refractivity (Wildman–Crippen MR) is 87.9 cm³/mol. The molecule has 0 spiro atoms. The minimum absolute atomic E-state index is 0.153. The Morgan fingerprint density at radius 3 is 2.12 bits per heavy atom. The molecule has 0 saturated heterocycles. The number of hydrogen-bond donors (Lipinski definition) is 7. The van der Waals surface area contributed by atoms with Crippen LogP contribution >= 0.6 is 0 Å². The number of carboxylic acids is 1. The Morgan fingerprint density at radius 1 is 1.08 bits per heavy atom. The third-order valence-corrected chi connectivity index (χ3v) is 3.38. The van der Waals surface area contributed by atoms with E-state index in [0.717, 1.165) is 0 Å². The standard InChI is InChI=1S/C14H27N5O6/c1-7(20)11(19-12(22)8(16)6-10(17)21)13(23)18-9(14(24)25)4-2-3-5-15/h7-9,11,20H,2-6,15-16H2,1H3,(H2,17,21)(H,18,23)(H,19,22)(H,24,25). The van der Waals surface area contributed by atoms with Crippen LogP contribution in [0.2, 0.25) is 0 Å². The summed E-state index contributed by atoms with van der Waals surface area (Å²) < 4.78 is 0. The maximum Gasteiger partial charge on any atom is 0.326 e. The Kier molecular flexibility index (Phi) is 10.3. The van der Waals surface area contributed by atoms with E-state index in [1.165, 1.54) is 6.92 Å². The van der Waals surface area contributed by atoms with E-state index in [-0.39, 0.29) is 6.42 Å². The summed E-state index contributed by atoms with van der Waals surface area (Å²) in [7, 11) is 0. The van der Waals surface area contributed by atoms with Crippen molar-refractivity contribution in [2.24, 2.45) is 17.2 Å². The molecule has 0 aliphatic carbocycles. The third kappa shape index (κ3) is 8.98. The largest absolute Gasteiger partial charge is 0.480 e. The van der Waals surface area contributed by atoms with Crippen LogP contribution in [0.25, 0.3) is 0 Å². The summed E-state index contributed by atoms with van der Waals surface area (Å²) in [5.74, 6) is -3.79. The lowest BCUT2D eigenvalue weighted by Crippen LogP contribution is -2.58. The van der Waals surface area contributed by atoms with Gasteiger partial charge in [0.1, 0.15) is 12.1 Å². The number of aliphatic hydroxyl groups excluding tert-OH is 1. The van der Waals surface area contributed by atoms with Crippen molar-refractivity contribution >= 4 is 23.7 Å². The first kappa shape index (κ1) is 22.8. The quantitative estimate of drug-likeness (QED) is 0.175. The van der Waals surface area contributed by atoms with Gasteiger partial charge < -0.3 is 38.0 Å². The van der Waals surface area contributed by atoms with Crippen molar-refractivity contribution in [1.82, 2.24) is 10.6 Å². The lowest BCUT2D eigenvalue weighted by Gasteiger charge is -2.24. The SMILES string of the molecule is CC(O)C(NC(=O)C(N)CC(N)=O)C(=O)NC(CCCCN)C(=O)O. The second kappa shape index (κ2) is 11.3. The van der Waals surface area contributed by atoms with E-state index < -0.39 is 54.3 Å². The molecule has 3 amide bonds. The van der Waals surface area contributed by atoms with Crippen molar-refractivity contribution in [1.29, 1.82) is 0 Å². The first-order valence-corrected chi connectivity index (χ1v) is 7.85. The van der Waals surface area contributed by atoms with E-state index in [1.807, 2.05) is 0 Å². The van der Waals surface area contributed by atoms with Crippen molar-refractivity contribution in [2.75, 3.05) is 6.54 Å². The van der Waals surface area contributed by atoms with Gasteiger partial charge in [-0.05, 0) is 32.7 Å². The highest BCUT2D eigenvalue weighted by Gasteiger charge is 2.31. The molecule has 4 atom stereocenters.